The van der Waals surface area contributed by atoms with Gasteiger partial charge in [0.25, 0.3) is 0 Å². The monoisotopic (exact) mass is 233 g/mol. The van der Waals surface area contributed by atoms with Gasteiger partial charge in [-0.25, -0.2) is 8.42 Å². The Morgan fingerprint density at radius 1 is 1.13 bits per heavy atom. The standard InChI is InChI=1S/C11H23NO2S/c1-2-9-15(13,14)10-8-12-11-6-4-3-5-7-11/h11-12H,2-10H2,1H3. The van der Waals surface area contributed by atoms with Crippen molar-refractivity contribution in [2.24, 2.45) is 0 Å². The van der Waals surface area contributed by atoms with Gasteiger partial charge in [0.2, 0.25) is 0 Å². The molecule has 1 aliphatic carbocycles. The molecular formula is C11H23NO2S. The van der Waals surface area contributed by atoms with E-state index in [1.54, 1.807) is 0 Å². The summed E-state index contributed by atoms with van der Waals surface area (Å²) in [7, 11) is -2.79. The van der Waals surface area contributed by atoms with Gasteiger partial charge in [0, 0.05) is 18.3 Å². The van der Waals surface area contributed by atoms with E-state index >= 15 is 0 Å². The van der Waals surface area contributed by atoms with Gasteiger partial charge in [-0.05, 0) is 19.3 Å². The summed E-state index contributed by atoms with van der Waals surface area (Å²) < 4.78 is 22.9. The van der Waals surface area contributed by atoms with Crippen LogP contribution in [0.4, 0.5) is 0 Å². The predicted octanol–water partition coefficient (Wildman–Crippen LogP) is 1.73. The van der Waals surface area contributed by atoms with E-state index in [4.69, 9.17) is 0 Å². The molecule has 0 saturated heterocycles. The summed E-state index contributed by atoms with van der Waals surface area (Å²) in [5, 5.41) is 3.36. The molecule has 0 amide bonds. The van der Waals surface area contributed by atoms with E-state index in [1.165, 1.54) is 32.1 Å². The van der Waals surface area contributed by atoms with Gasteiger partial charge in [0.15, 0.2) is 9.84 Å². The highest BCUT2D eigenvalue weighted by molar-refractivity contribution is 7.91. The second-order valence-corrected chi connectivity index (χ2v) is 6.74. The molecule has 1 fully saturated rings. The Morgan fingerprint density at radius 3 is 2.40 bits per heavy atom. The molecule has 90 valence electrons. The molecule has 15 heavy (non-hydrogen) atoms. The number of hydrogen-bond acceptors (Lipinski definition) is 3. The maximum absolute atomic E-state index is 11.4. The molecule has 0 bridgehead atoms. The highest BCUT2D eigenvalue weighted by Crippen LogP contribution is 2.17. The van der Waals surface area contributed by atoms with Crippen LogP contribution in [-0.2, 0) is 9.84 Å². The lowest BCUT2D eigenvalue weighted by Crippen LogP contribution is -2.34. The van der Waals surface area contributed by atoms with Crippen LogP contribution in [0, 0.1) is 0 Å². The summed E-state index contributed by atoms with van der Waals surface area (Å²) in [4.78, 5) is 0. The summed E-state index contributed by atoms with van der Waals surface area (Å²) in [6.07, 6.45) is 7.08. The molecule has 3 nitrogen and oxygen atoms in total. The maximum atomic E-state index is 11.4. The van der Waals surface area contributed by atoms with E-state index < -0.39 is 9.84 Å². The predicted molar refractivity (Wildman–Crippen MR) is 63.8 cm³/mol. The molecule has 0 spiro atoms. The zero-order valence-corrected chi connectivity index (χ0v) is 10.5. The molecule has 0 radical (unpaired) electrons. The highest BCUT2D eigenvalue weighted by Gasteiger charge is 2.14. The highest BCUT2D eigenvalue weighted by atomic mass is 32.2. The van der Waals surface area contributed by atoms with Gasteiger partial charge in [0.1, 0.15) is 0 Å². The average Bonchev–Trinajstić information content (AvgIpc) is 2.19. The van der Waals surface area contributed by atoms with Crippen molar-refractivity contribution >= 4 is 9.84 Å². The summed E-state index contributed by atoms with van der Waals surface area (Å²) in [6, 6.07) is 0.565. The minimum atomic E-state index is -2.79. The van der Waals surface area contributed by atoms with E-state index in [-0.39, 0.29) is 0 Å². The summed E-state index contributed by atoms with van der Waals surface area (Å²) in [5.74, 6) is 0.636. The molecule has 0 aromatic heterocycles. The lowest BCUT2D eigenvalue weighted by molar-refractivity contribution is 0.380. The Balaban J connectivity index is 2.14. The van der Waals surface area contributed by atoms with Gasteiger partial charge < -0.3 is 5.32 Å². The summed E-state index contributed by atoms with van der Waals surface area (Å²) in [6.45, 7) is 2.54. The molecule has 0 aromatic rings. The van der Waals surface area contributed by atoms with E-state index in [9.17, 15) is 8.42 Å². The fourth-order valence-electron chi connectivity index (χ4n) is 2.14. The summed E-state index contributed by atoms with van der Waals surface area (Å²) in [5.41, 5.74) is 0. The van der Waals surface area contributed by atoms with Crippen LogP contribution in [-0.4, -0.2) is 32.5 Å². The largest absolute Gasteiger partial charge is 0.313 e. The molecule has 4 heteroatoms. The molecule has 0 heterocycles. The molecule has 0 unspecified atom stereocenters. The van der Waals surface area contributed by atoms with E-state index in [0.29, 0.717) is 24.1 Å². The van der Waals surface area contributed by atoms with Crippen molar-refractivity contribution < 1.29 is 8.42 Å². The van der Waals surface area contributed by atoms with Crippen molar-refractivity contribution in [2.45, 2.75) is 51.5 Å². The second kappa shape index (κ2) is 6.48. The topological polar surface area (TPSA) is 46.2 Å². The van der Waals surface area contributed by atoms with Crippen molar-refractivity contribution in [3.63, 3.8) is 0 Å². The Hall–Kier alpha value is -0.0900. The van der Waals surface area contributed by atoms with Crippen LogP contribution in [0.3, 0.4) is 0 Å². The minimum absolute atomic E-state index is 0.303. The Bertz CT molecular complexity index is 256. The number of sulfone groups is 1. The van der Waals surface area contributed by atoms with Gasteiger partial charge in [-0.3, -0.25) is 0 Å². The average molecular weight is 233 g/mol. The van der Waals surface area contributed by atoms with Gasteiger partial charge in [-0.1, -0.05) is 26.2 Å². The van der Waals surface area contributed by atoms with Crippen molar-refractivity contribution in [2.75, 3.05) is 18.1 Å². The second-order valence-electron chi connectivity index (χ2n) is 4.44. The first-order valence-corrected chi connectivity index (χ1v) is 7.90. The molecule has 1 saturated carbocycles. The maximum Gasteiger partial charge on any atom is 0.151 e. The van der Waals surface area contributed by atoms with Crippen LogP contribution >= 0.6 is 0 Å². The lowest BCUT2D eigenvalue weighted by atomic mass is 9.96. The fourth-order valence-corrected chi connectivity index (χ4v) is 3.39. The van der Waals surface area contributed by atoms with E-state index in [2.05, 4.69) is 5.32 Å². The fraction of sp³-hybridized carbons (Fsp3) is 1.00. The Morgan fingerprint density at radius 2 is 1.80 bits per heavy atom. The SMILES string of the molecule is CCCS(=O)(=O)CCNC1CCCCC1. The number of rotatable bonds is 6. The molecule has 1 aliphatic rings. The van der Waals surface area contributed by atoms with Crippen molar-refractivity contribution in [1.82, 2.24) is 5.32 Å². The third-order valence-corrected chi connectivity index (χ3v) is 4.82. The third-order valence-electron chi connectivity index (χ3n) is 2.97. The minimum Gasteiger partial charge on any atom is -0.313 e. The van der Waals surface area contributed by atoms with Crippen LogP contribution in [0.5, 0.6) is 0 Å². The molecule has 0 aliphatic heterocycles. The Labute approximate surface area is 93.6 Å². The number of nitrogens with one attached hydrogen (secondary N) is 1. The van der Waals surface area contributed by atoms with E-state index in [1.807, 2.05) is 6.92 Å². The molecule has 1 rings (SSSR count). The van der Waals surface area contributed by atoms with Crippen molar-refractivity contribution in [1.29, 1.82) is 0 Å². The lowest BCUT2D eigenvalue weighted by Gasteiger charge is -2.22. The van der Waals surface area contributed by atoms with Gasteiger partial charge >= 0.3 is 0 Å². The third kappa shape index (κ3) is 5.52. The normalized spacial score (nSPS) is 19.3. The smallest absolute Gasteiger partial charge is 0.151 e. The van der Waals surface area contributed by atoms with Crippen LogP contribution in [0.25, 0.3) is 0 Å². The summed E-state index contributed by atoms with van der Waals surface area (Å²) >= 11 is 0. The first kappa shape index (κ1) is 13.0. The number of hydrogen-bond donors (Lipinski definition) is 1. The zero-order chi connectivity index (χ0) is 11.1. The first-order valence-electron chi connectivity index (χ1n) is 6.08. The Kier molecular flexibility index (Phi) is 5.61. The molecular weight excluding hydrogens is 210 g/mol. The molecule has 0 atom stereocenters. The van der Waals surface area contributed by atoms with Crippen LogP contribution in [0.1, 0.15) is 45.4 Å². The van der Waals surface area contributed by atoms with Crippen LogP contribution < -0.4 is 5.32 Å². The molecule has 0 aromatic carbocycles. The van der Waals surface area contributed by atoms with Crippen molar-refractivity contribution in [3.05, 3.63) is 0 Å². The molecule has 1 N–H and O–H groups in total. The van der Waals surface area contributed by atoms with Crippen molar-refractivity contribution in [3.8, 4) is 0 Å². The van der Waals surface area contributed by atoms with Crippen LogP contribution in [0.15, 0.2) is 0 Å². The first-order chi connectivity index (χ1) is 7.14. The van der Waals surface area contributed by atoms with Gasteiger partial charge in [-0.15, -0.1) is 0 Å². The quantitative estimate of drug-likeness (QED) is 0.760. The zero-order valence-electron chi connectivity index (χ0n) is 9.67. The van der Waals surface area contributed by atoms with E-state index in [0.717, 1.165) is 6.42 Å². The van der Waals surface area contributed by atoms with Gasteiger partial charge in [-0.2, -0.15) is 0 Å². The van der Waals surface area contributed by atoms with Gasteiger partial charge in [0.05, 0.1) is 5.75 Å². The van der Waals surface area contributed by atoms with Crippen LogP contribution in [0.2, 0.25) is 0 Å².